The van der Waals surface area contributed by atoms with Crippen LogP contribution in [0.25, 0.3) is 10.9 Å². The number of nitrogens with two attached hydrogens (primary N) is 1. The fraction of sp³-hybridized carbons (Fsp3) is 0.679. The van der Waals surface area contributed by atoms with Gasteiger partial charge in [0.25, 0.3) is 0 Å². The fourth-order valence-corrected chi connectivity index (χ4v) is 11.2. The smallest absolute Gasteiger partial charge is 0.312 e. The number of Topliss-reactive ketones (excluding diaryl/α,β-unsaturated/α-hetero) is 1. The summed E-state index contributed by atoms with van der Waals surface area (Å²) in [5, 5.41) is 10.7. The molecule has 3 amide bonds. The molecule has 6 rings (SSSR count). The minimum atomic E-state index is -0.627. The van der Waals surface area contributed by atoms with Gasteiger partial charge in [0.2, 0.25) is 5.91 Å². The number of ketones is 1. The molecule has 2 unspecified atom stereocenters. The summed E-state index contributed by atoms with van der Waals surface area (Å²) in [5.74, 6) is 2.36. The summed E-state index contributed by atoms with van der Waals surface area (Å²) in [6.07, 6.45) is 37.0. The van der Waals surface area contributed by atoms with Crippen molar-refractivity contribution in [2.24, 2.45) is 23.5 Å². The quantitative estimate of drug-likeness (QED) is 0.0976. The highest BCUT2D eigenvalue weighted by molar-refractivity contribution is 5.93. The van der Waals surface area contributed by atoms with Gasteiger partial charge in [0.1, 0.15) is 6.04 Å². The Bertz CT molecular complexity index is 1710. The first-order valence-electron chi connectivity index (χ1n) is 25.2. The molecule has 0 bridgehead atoms. The van der Waals surface area contributed by atoms with Gasteiger partial charge < -0.3 is 26.7 Å². The summed E-state index contributed by atoms with van der Waals surface area (Å²) < 4.78 is 0. The van der Waals surface area contributed by atoms with Crippen LogP contribution >= 0.6 is 0 Å². The number of carbonyl (C=O) groups excluding carboxylic acids is 3. The molecule has 3 saturated carbocycles. The lowest BCUT2D eigenvalue weighted by Crippen LogP contribution is -2.49. The first-order chi connectivity index (χ1) is 29.9. The zero-order valence-corrected chi connectivity index (χ0v) is 37.7. The van der Waals surface area contributed by atoms with Crippen molar-refractivity contribution in [3.8, 4) is 0 Å². The minimum absolute atomic E-state index is 0.115. The minimum Gasteiger partial charge on any atom is -0.373 e. The molecule has 3 fully saturated rings. The number of aromatic amines is 1. The molecule has 0 aliphatic heterocycles. The number of hydrogen-bond donors (Lipinski definition) is 5. The second kappa shape index (κ2) is 26.0. The maximum absolute atomic E-state index is 14.6. The van der Waals surface area contributed by atoms with E-state index in [1.54, 1.807) is 0 Å². The molecule has 1 heterocycles. The molecule has 6 N–H and O–H groups in total. The Hall–Kier alpha value is -3.81. The van der Waals surface area contributed by atoms with Crippen molar-refractivity contribution in [2.45, 2.75) is 204 Å². The summed E-state index contributed by atoms with van der Waals surface area (Å²) in [5.41, 5.74) is 9.80. The van der Waals surface area contributed by atoms with Gasteiger partial charge in [0.15, 0.2) is 5.78 Å². The van der Waals surface area contributed by atoms with Crippen LogP contribution in [0.4, 0.5) is 10.5 Å². The number of benzene rings is 2. The molecule has 0 spiro atoms. The zero-order valence-electron chi connectivity index (χ0n) is 37.7. The largest absolute Gasteiger partial charge is 0.373 e. The van der Waals surface area contributed by atoms with E-state index < -0.39 is 18.1 Å². The molecule has 336 valence electrons. The molecular weight excluding hydrogens is 755 g/mol. The second-order valence-corrected chi connectivity index (χ2v) is 19.5. The van der Waals surface area contributed by atoms with Crippen molar-refractivity contribution in [1.29, 1.82) is 0 Å². The van der Waals surface area contributed by atoms with Gasteiger partial charge in [-0.15, -0.1) is 0 Å². The van der Waals surface area contributed by atoms with E-state index in [-0.39, 0.29) is 11.7 Å². The van der Waals surface area contributed by atoms with Crippen LogP contribution in [-0.2, 0) is 16.0 Å². The van der Waals surface area contributed by atoms with E-state index >= 15 is 0 Å². The van der Waals surface area contributed by atoms with Gasteiger partial charge in [-0.3, -0.25) is 9.59 Å². The number of para-hydroxylation sites is 1. The van der Waals surface area contributed by atoms with E-state index in [9.17, 15) is 14.4 Å². The van der Waals surface area contributed by atoms with Gasteiger partial charge >= 0.3 is 6.03 Å². The lowest BCUT2D eigenvalue weighted by molar-refractivity contribution is -0.128. The van der Waals surface area contributed by atoms with Crippen LogP contribution in [0, 0.1) is 17.8 Å². The molecule has 8 nitrogen and oxygen atoms in total. The molecule has 3 aliphatic rings. The molecule has 3 aromatic rings. The van der Waals surface area contributed by atoms with Crippen LogP contribution in [0.2, 0.25) is 0 Å². The summed E-state index contributed by atoms with van der Waals surface area (Å²) in [6.45, 7) is 0.368. The molecule has 1 aromatic heterocycles. The highest BCUT2D eigenvalue weighted by Crippen LogP contribution is 2.42. The fourth-order valence-electron chi connectivity index (χ4n) is 11.2. The molecule has 0 radical (unpaired) electrons. The Morgan fingerprint density at radius 1 is 0.656 bits per heavy atom. The number of hydrogen-bond acceptors (Lipinski definition) is 4. The van der Waals surface area contributed by atoms with Gasteiger partial charge in [-0.05, 0) is 97.9 Å². The van der Waals surface area contributed by atoms with E-state index in [1.165, 1.54) is 153 Å². The topological polar surface area (TPSA) is 129 Å². The van der Waals surface area contributed by atoms with E-state index in [4.69, 9.17) is 5.73 Å². The average molecular weight is 836 g/mol. The SMILES string of the molecule is NC(=O)NCCC[C@@H](NC(=O)[C@@H](Cc1c[nH]c2ccccc12)Nc1ccc(C2CCCCCCCCCC2)cc1)C(=O)CC1CCC(C2CCCCCCCCCCCC2)C1. The number of anilines is 1. The van der Waals surface area contributed by atoms with Crippen molar-refractivity contribution in [1.82, 2.24) is 15.6 Å². The molecule has 8 heteroatoms. The Morgan fingerprint density at radius 3 is 1.87 bits per heavy atom. The Morgan fingerprint density at radius 2 is 1.25 bits per heavy atom. The molecular formula is C53H81N5O3. The van der Waals surface area contributed by atoms with Gasteiger partial charge in [-0.25, -0.2) is 4.79 Å². The molecule has 4 atom stereocenters. The van der Waals surface area contributed by atoms with Crippen LogP contribution in [0.15, 0.2) is 54.7 Å². The normalized spacial score (nSPS) is 22.1. The Labute approximate surface area is 368 Å². The number of urea groups is 1. The van der Waals surface area contributed by atoms with E-state index in [0.29, 0.717) is 50.0 Å². The molecule has 3 aliphatic carbocycles. The molecule has 2 aromatic carbocycles. The number of carbonyl (C=O) groups is 3. The van der Waals surface area contributed by atoms with E-state index in [0.717, 1.165) is 40.9 Å². The van der Waals surface area contributed by atoms with Gasteiger partial charge in [-0.2, -0.15) is 0 Å². The summed E-state index contributed by atoms with van der Waals surface area (Å²) in [7, 11) is 0. The highest BCUT2D eigenvalue weighted by atomic mass is 16.2. The van der Waals surface area contributed by atoms with Crippen molar-refractivity contribution in [2.75, 3.05) is 11.9 Å². The number of rotatable bonds is 15. The number of nitrogens with one attached hydrogen (secondary N) is 4. The van der Waals surface area contributed by atoms with Crippen LogP contribution in [0.1, 0.15) is 197 Å². The number of H-pyrrole nitrogens is 1. The Balaban J connectivity index is 1.13. The summed E-state index contributed by atoms with van der Waals surface area (Å²) in [6, 6.07) is 15.3. The van der Waals surface area contributed by atoms with Crippen molar-refractivity contribution < 1.29 is 14.4 Å². The van der Waals surface area contributed by atoms with Crippen LogP contribution in [0.5, 0.6) is 0 Å². The van der Waals surface area contributed by atoms with Crippen molar-refractivity contribution >= 4 is 34.3 Å². The van der Waals surface area contributed by atoms with Gasteiger partial charge in [0, 0.05) is 42.2 Å². The second-order valence-electron chi connectivity index (χ2n) is 19.5. The predicted molar refractivity (Wildman–Crippen MR) is 253 cm³/mol. The maximum atomic E-state index is 14.6. The predicted octanol–water partition coefficient (Wildman–Crippen LogP) is 12.8. The average Bonchev–Trinajstić information content (AvgIpc) is 3.89. The van der Waals surface area contributed by atoms with Crippen LogP contribution < -0.4 is 21.7 Å². The van der Waals surface area contributed by atoms with E-state index in [2.05, 4.69) is 57.3 Å². The first kappa shape index (κ1) is 46.7. The van der Waals surface area contributed by atoms with Crippen molar-refractivity contribution in [3.05, 3.63) is 65.9 Å². The standard InChI is InChI=1S/C53H81N5O3/c54-53(61)55-35-21-28-49(51(59)37-40-29-30-44(36-40)42-24-17-13-7-3-1-2-4-8-14-18-25-42)58-52(60)50(38-45-39-56-48-27-20-19-26-47(45)48)57-46-33-31-43(32-34-46)41-22-15-11-9-5-6-10-12-16-23-41/h19-20,26-27,31-34,39-42,44,49-50,56-57H,1-18,21-25,28-30,35-38H2,(H,58,60)(H3,54,55,61)/t40?,44?,49-,50-/m1/s1. The number of aromatic nitrogens is 1. The highest BCUT2D eigenvalue weighted by Gasteiger charge is 2.34. The number of fused-ring (bicyclic) bond motifs is 1. The van der Waals surface area contributed by atoms with Crippen LogP contribution in [0.3, 0.4) is 0 Å². The number of primary amides is 1. The molecule has 61 heavy (non-hydrogen) atoms. The lowest BCUT2D eigenvalue weighted by Gasteiger charge is -2.26. The van der Waals surface area contributed by atoms with Crippen LogP contribution in [-0.4, -0.2) is 41.3 Å². The van der Waals surface area contributed by atoms with Crippen molar-refractivity contribution in [3.63, 3.8) is 0 Å². The van der Waals surface area contributed by atoms with Gasteiger partial charge in [0.05, 0.1) is 6.04 Å². The zero-order chi connectivity index (χ0) is 42.5. The summed E-state index contributed by atoms with van der Waals surface area (Å²) >= 11 is 0. The third-order valence-corrected chi connectivity index (χ3v) is 14.8. The molecule has 0 saturated heterocycles. The first-order valence-corrected chi connectivity index (χ1v) is 25.2. The Kier molecular flexibility index (Phi) is 19.9. The third kappa shape index (κ3) is 15.8. The monoisotopic (exact) mass is 836 g/mol. The lowest BCUT2D eigenvalue weighted by atomic mass is 9.81. The number of amides is 3. The third-order valence-electron chi connectivity index (χ3n) is 14.8. The summed E-state index contributed by atoms with van der Waals surface area (Å²) in [4.78, 5) is 43.9. The van der Waals surface area contributed by atoms with Gasteiger partial charge in [-0.1, -0.05) is 159 Å². The maximum Gasteiger partial charge on any atom is 0.312 e. The van der Waals surface area contributed by atoms with E-state index in [1.807, 2.05) is 18.3 Å².